The molecule has 6 atom stereocenters. The second-order valence-electron chi connectivity index (χ2n) is 20.1. The van der Waals surface area contributed by atoms with Gasteiger partial charge in [-0.25, -0.2) is 18.2 Å². The molecule has 68 heavy (non-hydrogen) atoms. The fraction of sp³-hybridized carbons (Fsp3) is 0.500. The number of likely N-dealkylation sites (tertiary alicyclic amines) is 1. The normalized spacial score (nSPS) is 19.7. The van der Waals surface area contributed by atoms with Crippen LogP contribution in [0.1, 0.15) is 114 Å². The second-order valence-corrected chi connectivity index (χ2v) is 20.9. The van der Waals surface area contributed by atoms with E-state index in [1.807, 2.05) is 95.0 Å². The molecule has 3 amide bonds. The summed E-state index contributed by atoms with van der Waals surface area (Å²) in [5, 5.41) is 17.4. The van der Waals surface area contributed by atoms with Gasteiger partial charge < -0.3 is 35.1 Å². The molecule has 2 aliphatic heterocycles. The Morgan fingerprint density at radius 3 is 2.34 bits per heavy atom. The third-order valence-corrected chi connectivity index (χ3v) is 13.9. The fourth-order valence-corrected chi connectivity index (χ4v) is 10.3. The lowest BCUT2D eigenvalue weighted by atomic mass is 9.85. The largest absolute Gasteiger partial charge is 0.493 e. The monoisotopic (exact) mass is 958 g/mol. The summed E-state index contributed by atoms with van der Waals surface area (Å²) < 4.78 is 58.8. The molecule has 2 aromatic heterocycles. The van der Waals surface area contributed by atoms with Gasteiger partial charge in [-0.05, 0) is 88.5 Å². The van der Waals surface area contributed by atoms with Gasteiger partial charge in [0, 0.05) is 66.5 Å². The van der Waals surface area contributed by atoms with Crippen molar-refractivity contribution in [2.24, 2.45) is 5.41 Å². The summed E-state index contributed by atoms with van der Waals surface area (Å²) >= 11 is 1.56. The smallest absolute Gasteiger partial charge is 0.246 e. The van der Waals surface area contributed by atoms with Crippen LogP contribution in [0.4, 0.5) is 13.2 Å². The van der Waals surface area contributed by atoms with Crippen molar-refractivity contribution in [3.8, 4) is 16.2 Å². The van der Waals surface area contributed by atoms with Gasteiger partial charge in [-0.1, -0.05) is 63.2 Å². The number of halogens is 3. The van der Waals surface area contributed by atoms with Crippen LogP contribution in [-0.4, -0.2) is 105 Å². The van der Waals surface area contributed by atoms with E-state index < -0.39 is 64.7 Å². The Morgan fingerprint density at radius 2 is 1.68 bits per heavy atom. The Kier molecular flexibility index (Phi) is 15.7. The van der Waals surface area contributed by atoms with Crippen LogP contribution in [0.25, 0.3) is 21.3 Å². The molecule has 7 rings (SSSR count). The van der Waals surface area contributed by atoms with Gasteiger partial charge in [0.05, 0.1) is 40.9 Å². The number of β-amino-alcohol motifs (C(OH)–C–C–N with tert-alkyl or cyclic N) is 1. The van der Waals surface area contributed by atoms with Crippen molar-refractivity contribution in [3.63, 3.8) is 0 Å². The third kappa shape index (κ3) is 11.8. The standard InChI is InChI=1S/C52H65F3N6O6S/c1-30-22-38-37-14-10-11-15-41(37)58-45(38)46(61(30)28-52(7,8)55)44-39(53)24-36(25-40(44)54)67-21-13-9-12-20-66-27-43(63)59-48(51(4,5)6)50(65)60-26-35(62)23-42(60)49(64)57-31(2)33-16-18-34(19-17-33)47-32(3)56-29-68-47/h10-11,14-19,24-25,29-31,35,42,46,48,58,62H,9,12-13,20-23,26-28H2,1-8H3,(H,57,64)(H,59,63)/t30-,31+,35-,42+,46-,48-/m1/s1. The van der Waals surface area contributed by atoms with Crippen LogP contribution in [0.3, 0.4) is 0 Å². The molecule has 4 heterocycles. The van der Waals surface area contributed by atoms with Gasteiger partial charge in [0.1, 0.15) is 41.7 Å². The molecule has 0 saturated carbocycles. The number of thiazole rings is 1. The highest BCUT2D eigenvalue weighted by atomic mass is 32.1. The number of aliphatic hydroxyl groups excluding tert-OH is 1. The van der Waals surface area contributed by atoms with E-state index in [1.54, 1.807) is 16.8 Å². The van der Waals surface area contributed by atoms with Crippen LogP contribution in [-0.2, 0) is 25.5 Å². The highest BCUT2D eigenvalue weighted by Gasteiger charge is 2.45. The van der Waals surface area contributed by atoms with E-state index in [0.717, 1.165) is 38.2 Å². The number of hydrogen-bond acceptors (Lipinski definition) is 9. The Hall–Kier alpha value is -5.29. The van der Waals surface area contributed by atoms with Crippen molar-refractivity contribution in [2.75, 3.05) is 32.9 Å². The van der Waals surface area contributed by atoms with Gasteiger partial charge in [-0.15, -0.1) is 11.3 Å². The number of hydrogen-bond donors (Lipinski definition) is 4. The van der Waals surface area contributed by atoms with E-state index in [1.165, 1.54) is 30.9 Å². The quantitative estimate of drug-likeness (QED) is 0.0637. The van der Waals surface area contributed by atoms with Gasteiger partial charge in [-0.2, -0.15) is 0 Å². The number of para-hydroxylation sites is 1. The predicted octanol–water partition coefficient (Wildman–Crippen LogP) is 8.90. The Labute approximate surface area is 401 Å². The summed E-state index contributed by atoms with van der Waals surface area (Å²) in [6.45, 7) is 14.2. The van der Waals surface area contributed by atoms with Gasteiger partial charge in [-0.3, -0.25) is 19.3 Å². The summed E-state index contributed by atoms with van der Waals surface area (Å²) in [5.74, 6) is -2.87. The van der Waals surface area contributed by atoms with Crippen LogP contribution in [0.2, 0.25) is 0 Å². The zero-order valence-electron chi connectivity index (χ0n) is 40.3. The van der Waals surface area contributed by atoms with Crippen LogP contribution in [0.5, 0.6) is 5.75 Å². The molecule has 1 fully saturated rings. The Balaban J connectivity index is 0.872. The zero-order valence-corrected chi connectivity index (χ0v) is 41.1. The highest BCUT2D eigenvalue weighted by molar-refractivity contribution is 7.13. The van der Waals surface area contributed by atoms with Crippen molar-refractivity contribution < 1.29 is 42.1 Å². The van der Waals surface area contributed by atoms with E-state index in [0.29, 0.717) is 31.4 Å². The number of alkyl halides is 1. The first-order valence-corrected chi connectivity index (χ1v) is 24.4. The second kappa shape index (κ2) is 21.1. The molecule has 0 bridgehead atoms. The Morgan fingerprint density at radius 1 is 0.985 bits per heavy atom. The summed E-state index contributed by atoms with van der Waals surface area (Å²) in [5.41, 5.74) is 4.66. The van der Waals surface area contributed by atoms with Gasteiger partial charge in [0.2, 0.25) is 17.7 Å². The number of carbonyl (C=O) groups excluding carboxylic acids is 3. The number of amides is 3. The van der Waals surface area contributed by atoms with Crippen molar-refractivity contribution in [2.45, 2.75) is 129 Å². The maximum absolute atomic E-state index is 16.1. The molecule has 3 aromatic carbocycles. The molecule has 366 valence electrons. The molecule has 0 unspecified atom stereocenters. The SMILES string of the molecule is Cc1ncsc1-c1ccc([C@H](C)NC(=O)[C@@H]2C[C@@H](O)CN2C(=O)[C@@H](NC(=O)COCCCCCOc2cc(F)c([C@@H]3c4[nH]c5ccccc5c4C[C@@H](C)N3CC(C)(C)F)c(F)c2)C(C)(C)C)cc1. The number of fused-ring (bicyclic) bond motifs is 3. The van der Waals surface area contributed by atoms with Gasteiger partial charge in [0.25, 0.3) is 0 Å². The minimum absolute atomic E-state index is 0.0187. The molecule has 5 aromatic rings. The number of aliphatic hydroxyl groups is 1. The number of unbranched alkanes of at least 4 members (excludes halogenated alkanes) is 2. The summed E-state index contributed by atoms with van der Waals surface area (Å²) in [7, 11) is 0. The highest BCUT2D eigenvalue weighted by Crippen LogP contribution is 2.44. The first-order valence-electron chi connectivity index (χ1n) is 23.5. The molecule has 4 N–H and O–H groups in total. The molecule has 0 spiro atoms. The van der Waals surface area contributed by atoms with Crippen LogP contribution >= 0.6 is 11.3 Å². The van der Waals surface area contributed by atoms with E-state index in [4.69, 9.17) is 9.47 Å². The molecule has 0 aliphatic carbocycles. The number of aromatic nitrogens is 2. The molecule has 0 radical (unpaired) electrons. The minimum atomic E-state index is -1.61. The number of carbonyl (C=O) groups is 3. The lowest BCUT2D eigenvalue weighted by Gasteiger charge is -2.43. The van der Waals surface area contributed by atoms with Crippen LogP contribution in [0.15, 0.2) is 66.2 Å². The molecule has 2 aliphatic rings. The number of nitrogens with zero attached hydrogens (tertiary/aromatic N) is 3. The van der Waals surface area contributed by atoms with Gasteiger partial charge >= 0.3 is 0 Å². The maximum Gasteiger partial charge on any atom is 0.246 e. The summed E-state index contributed by atoms with van der Waals surface area (Å²) in [4.78, 5) is 52.9. The van der Waals surface area contributed by atoms with Crippen molar-refractivity contribution in [3.05, 3.63) is 106 Å². The number of aromatic amines is 1. The lowest BCUT2D eigenvalue weighted by molar-refractivity contribution is -0.144. The number of benzene rings is 3. The molecular weight excluding hydrogens is 894 g/mol. The predicted molar refractivity (Wildman–Crippen MR) is 258 cm³/mol. The topological polar surface area (TPSA) is 149 Å². The molecule has 12 nitrogen and oxygen atoms in total. The number of ether oxygens (including phenoxy) is 2. The molecule has 16 heteroatoms. The van der Waals surface area contributed by atoms with Crippen LogP contribution < -0.4 is 15.4 Å². The van der Waals surface area contributed by atoms with Crippen LogP contribution in [0, 0.1) is 24.0 Å². The average Bonchev–Trinajstić information content (AvgIpc) is 3.99. The number of aryl methyl sites for hydroxylation is 1. The number of nitrogens with one attached hydrogen (secondary N) is 3. The zero-order chi connectivity index (χ0) is 49.1. The van der Waals surface area contributed by atoms with Crippen molar-refractivity contribution in [1.82, 2.24) is 30.4 Å². The third-order valence-electron chi connectivity index (χ3n) is 12.9. The number of rotatable bonds is 18. The van der Waals surface area contributed by atoms with Crippen molar-refractivity contribution >= 4 is 40.0 Å². The average molecular weight is 959 g/mol. The van der Waals surface area contributed by atoms with E-state index in [9.17, 15) is 19.5 Å². The molecular formula is C52H65F3N6O6S. The first-order chi connectivity index (χ1) is 32.2. The summed E-state index contributed by atoms with van der Waals surface area (Å²) in [6, 6.07) is 14.6. The number of H-pyrrole nitrogens is 1. The van der Waals surface area contributed by atoms with E-state index in [2.05, 4.69) is 20.6 Å². The van der Waals surface area contributed by atoms with Gasteiger partial charge in [0.15, 0.2) is 0 Å². The minimum Gasteiger partial charge on any atom is -0.493 e. The van der Waals surface area contributed by atoms with E-state index in [-0.39, 0.29) is 62.7 Å². The van der Waals surface area contributed by atoms with E-state index >= 15 is 13.2 Å². The lowest BCUT2D eigenvalue weighted by Crippen LogP contribution is -2.58. The fourth-order valence-electron chi connectivity index (χ4n) is 9.46. The Bertz CT molecular complexity index is 2550. The van der Waals surface area contributed by atoms with Crippen molar-refractivity contribution in [1.29, 1.82) is 0 Å². The first kappa shape index (κ1) is 50.6. The summed E-state index contributed by atoms with van der Waals surface area (Å²) in [6.07, 6.45) is 1.54. The molecule has 1 saturated heterocycles. The maximum atomic E-state index is 16.1.